The number of rotatable bonds is 9. The number of aromatic nitrogens is 1. The van der Waals surface area contributed by atoms with Crippen LogP contribution in [0.3, 0.4) is 0 Å². The van der Waals surface area contributed by atoms with Crippen molar-refractivity contribution in [1.29, 1.82) is 0 Å². The van der Waals surface area contributed by atoms with Crippen molar-refractivity contribution in [2.75, 3.05) is 27.2 Å². The molecule has 7 nitrogen and oxygen atoms in total. The molecular formula is C31H37N2O5+. The maximum Gasteiger partial charge on any atom is 0.310 e. The topological polar surface area (TPSA) is 96.5 Å². The number of piperidine rings is 1. The van der Waals surface area contributed by atoms with Crippen molar-refractivity contribution in [3.05, 3.63) is 71.4 Å². The highest BCUT2D eigenvalue weighted by Gasteiger charge is 2.46. The molecule has 2 aromatic carbocycles. The van der Waals surface area contributed by atoms with E-state index in [4.69, 9.17) is 4.74 Å². The summed E-state index contributed by atoms with van der Waals surface area (Å²) < 4.78 is 6.93. The highest BCUT2D eigenvalue weighted by Crippen LogP contribution is 2.42. The SMILES string of the molecule is C[N+]1(C)CCC(OC(=O)[C@@H](CC(=O)C2(CC(=O)O)Cc3ccccc3C2)Cc2c[nH]c3ccccc23)CC1. The number of ketones is 1. The molecule has 0 spiro atoms. The number of esters is 1. The van der Waals surface area contributed by atoms with Gasteiger partial charge in [0.25, 0.3) is 0 Å². The quantitative estimate of drug-likeness (QED) is 0.325. The molecular weight excluding hydrogens is 480 g/mol. The number of nitrogens with one attached hydrogen (secondary N) is 1. The van der Waals surface area contributed by atoms with Crippen molar-refractivity contribution >= 4 is 28.6 Å². The van der Waals surface area contributed by atoms with E-state index >= 15 is 0 Å². The van der Waals surface area contributed by atoms with Crippen LogP contribution in [0.5, 0.6) is 0 Å². The van der Waals surface area contributed by atoms with E-state index in [0.29, 0.717) is 19.3 Å². The summed E-state index contributed by atoms with van der Waals surface area (Å²) in [6.45, 7) is 1.87. The molecule has 0 radical (unpaired) electrons. The summed E-state index contributed by atoms with van der Waals surface area (Å²) >= 11 is 0. The zero-order chi connectivity index (χ0) is 26.9. The number of benzene rings is 2. The number of hydrogen-bond acceptors (Lipinski definition) is 4. The summed E-state index contributed by atoms with van der Waals surface area (Å²) in [5.41, 5.74) is 2.92. The maximum absolute atomic E-state index is 14.0. The van der Waals surface area contributed by atoms with E-state index in [-0.39, 0.29) is 30.7 Å². The number of ether oxygens (including phenoxy) is 1. The molecule has 0 unspecified atom stereocenters. The molecule has 2 N–H and O–H groups in total. The van der Waals surface area contributed by atoms with Crippen LogP contribution in [-0.4, -0.2) is 65.6 Å². The first-order chi connectivity index (χ1) is 18.1. The van der Waals surface area contributed by atoms with E-state index in [1.54, 1.807) is 0 Å². The van der Waals surface area contributed by atoms with Crippen molar-refractivity contribution in [2.45, 2.75) is 51.0 Å². The summed E-state index contributed by atoms with van der Waals surface area (Å²) in [6.07, 6.45) is 4.19. The van der Waals surface area contributed by atoms with Crippen molar-refractivity contribution in [3.8, 4) is 0 Å². The summed E-state index contributed by atoms with van der Waals surface area (Å²) in [6, 6.07) is 15.7. The van der Waals surface area contributed by atoms with Gasteiger partial charge in [-0.3, -0.25) is 14.4 Å². The predicted octanol–water partition coefficient (Wildman–Crippen LogP) is 4.33. The number of H-pyrrole nitrogens is 1. The number of fused-ring (bicyclic) bond motifs is 2. The monoisotopic (exact) mass is 517 g/mol. The Balaban J connectivity index is 1.39. The third-order valence-corrected chi connectivity index (χ3v) is 8.56. The van der Waals surface area contributed by atoms with Gasteiger partial charge in [0, 0.05) is 41.8 Å². The largest absolute Gasteiger partial charge is 0.481 e. The molecule has 7 heteroatoms. The molecule has 5 rings (SSSR count). The number of nitrogens with zero attached hydrogens (tertiary/aromatic N) is 1. The third-order valence-electron chi connectivity index (χ3n) is 8.56. The zero-order valence-electron chi connectivity index (χ0n) is 22.2. The molecule has 1 aromatic heterocycles. The van der Waals surface area contributed by atoms with Gasteiger partial charge in [0.05, 0.1) is 39.5 Å². The van der Waals surface area contributed by atoms with E-state index in [9.17, 15) is 19.5 Å². The van der Waals surface area contributed by atoms with Gasteiger partial charge in [-0.05, 0) is 42.0 Å². The van der Waals surface area contributed by atoms with Gasteiger partial charge in [-0.1, -0.05) is 42.5 Å². The molecule has 1 aliphatic heterocycles. The van der Waals surface area contributed by atoms with Crippen LogP contribution in [0.15, 0.2) is 54.7 Å². The molecule has 2 heterocycles. The number of aliphatic carboxylic acids is 1. The van der Waals surface area contributed by atoms with Crippen molar-refractivity contribution in [1.82, 2.24) is 4.98 Å². The van der Waals surface area contributed by atoms with E-state index in [1.165, 1.54) is 0 Å². The standard InChI is InChI=1S/C31H36N2O5/c1-33(2)13-11-25(12-14-33)38-30(37)23(15-24-20-32-27-10-6-5-9-26(24)27)16-28(34)31(19-29(35)36)17-21-7-3-4-8-22(21)18-31/h3-10,20,23,25,32H,11-19H2,1-2H3/p+1/t23-/m1/s1. The van der Waals surface area contributed by atoms with E-state index in [2.05, 4.69) is 19.1 Å². The molecule has 1 aliphatic carbocycles. The lowest BCUT2D eigenvalue weighted by Crippen LogP contribution is -2.48. The third kappa shape index (κ3) is 5.53. The first kappa shape index (κ1) is 26.2. The number of aromatic amines is 1. The number of para-hydroxylation sites is 1. The van der Waals surface area contributed by atoms with Crippen LogP contribution in [0.2, 0.25) is 0 Å². The number of quaternary nitrogens is 1. The summed E-state index contributed by atoms with van der Waals surface area (Å²) in [5, 5.41) is 10.8. The second-order valence-electron chi connectivity index (χ2n) is 11.9. The van der Waals surface area contributed by atoms with Gasteiger partial charge in [-0.15, -0.1) is 0 Å². The number of hydrogen-bond donors (Lipinski definition) is 2. The Kier molecular flexibility index (Phi) is 7.14. The average molecular weight is 518 g/mol. The van der Waals surface area contributed by atoms with Crippen molar-refractivity contribution < 1.29 is 28.7 Å². The minimum absolute atomic E-state index is 0.0338. The van der Waals surface area contributed by atoms with Crippen LogP contribution in [-0.2, 0) is 38.4 Å². The highest BCUT2D eigenvalue weighted by atomic mass is 16.5. The summed E-state index contributed by atoms with van der Waals surface area (Å²) in [7, 11) is 4.36. The minimum Gasteiger partial charge on any atom is -0.481 e. The van der Waals surface area contributed by atoms with Crippen LogP contribution in [0.4, 0.5) is 0 Å². The molecule has 3 aromatic rings. The molecule has 200 valence electrons. The van der Waals surface area contributed by atoms with Crippen LogP contribution in [0.1, 0.15) is 42.4 Å². The maximum atomic E-state index is 14.0. The lowest BCUT2D eigenvalue weighted by Gasteiger charge is -2.37. The number of carbonyl (C=O) groups is 3. The van der Waals surface area contributed by atoms with Gasteiger partial charge >= 0.3 is 11.9 Å². The summed E-state index contributed by atoms with van der Waals surface area (Å²) in [4.78, 5) is 42.8. The second-order valence-corrected chi connectivity index (χ2v) is 11.9. The molecule has 0 amide bonds. The Morgan fingerprint density at radius 2 is 1.66 bits per heavy atom. The van der Waals surface area contributed by atoms with Gasteiger partial charge in [0.2, 0.25) is 0 Å². The number of carboxylic acid groups (broad SMARTS) is 1. The predicted molar refractivity (Wildman–Crippen MR) is 145 cm³/mol. The van der Waals surface area contributed by atoms with Gasteiger partial charge in [-0.25, -0.2) is 0 Å². The number of carboxylic acids is 1. The molecule has 0 bridgehead atoms. The zero-order valence-corrected chi connectivity index (χ0v) is 22.2. The Labute approximate surface area is 223 Å². The van der Waals surface area contributed by atoms with Gasteiger partial charge < -0.3 is 19.3 Å². The van der Waals surface area contributed by atoms with Crippen molar-refractivity contribution in [3.63, 3.8) is 0 Å². The molecule has 2 aliphatic rings. The first-order valence-electron chi connectivity index (χ1n) is 13.5. The number of Topliss-reactive ketones (excluding diaryl/α,β-unsaturated/α-hetero) is 1. The van der Waals surface area contributed by atoms with E-state index in [0.717, 1.165) is 58.0 Å². The molecule has 1 atom stereocenters. The molecule has 1 fully saturated rings. The van der Waals surface area contributed by atoms with Gasteiger partial charge in [0.1, 0.15) is 11.9 Å². The van der Waals surface area contributed by atoms with E-state index in [1.807, 2.05) is 54.7 Å². The average Bonchev–Trinajstić information content (AvgIpc) is 3.46. The Morgan fingerprint density at radius 1 is 1.03 bits per heavy atom. The van der Waals surface area contributed by atoms with E-state index < -0.39 is 17.3 Å². The molecule has 0 saturated carbocycles. The second kappa shape index (κ2) is 10.4. The fourth-order valence-corrected chi connectivity index (χ4v) is 6.27. The van der Waals surface area contributed by atoms with Crippen LogP contribution < -0.4 is 0 Å². The smallest absolute Gasteiger partial charge is 0.310 e. The Hall–Kier alpha value is -3.45. The normalized spacial score (nSPS) is 19.1. The number of likely N-dealkylation sites (tertiary alicyclic amines) is 1. The van der Waals surface area contributed by atoms with Crippen molar-refractivity contribution in [2.24, 2.45) is 11.3 Å². The minimum atomic E-state index is -1.04. The van der Waals surface area contributed by atoms with Crippen LogP contribution in [0.25, 0.3) is 10.9 Å². The lowest BCUT2D eigenvalue weighted by atomic mass is 9.74. The summed E-state index contributed by atoms with van der Waals surface area (Å²) in [5.74, 6) is -2.20. The fourth-order valence-electron chi connectivity index (χ4n) is 6.27. The first-order valence-corrected chi connectivity index (χ1v) is 13.5. The molecule has 1 saturated heterocycles. The number of carbonyl (C=O) groups excluding carboxylic acids is 2. The van der Waals surface area contributed by atoms with Gasteiger partial charge in [-0.2, -0.15) is 0 Å². The van der Waals surface area contributed by atoms with Crippen LogP contribution >= 0.6 is 0 Å². The van der Waals surface area contributed by atoms with Crippen LogP contribution in [0, 0.1) is 11.3 Å². The van der Waals surface area contributed by atoms with Gasteiger partial charge in [0.15, 0.2) is 0 Å². The molecule has 38 heavy (non-hydrogen) atoms. The lowest BCUT2D eigenvalue weighted by molar-refractivity contribution is -0.896. The highest BCUT2D eigenvalue weighted by molar-refractivity contribution is 5.93. The fraction of sp³-hybridized carbons (Fsp3) is 0.452. The Bertz CT molecular complexity index is 1320. The Morgan fingerprint density at radius 3 is 2.32 bits per heavy atom.